The third-order valence-electron chi connectivity index (χ3n) is 3.69. The standard InChI is InChI=1S/C16H24N4O2S/c1-4-6-16(22,7-5-2)11-18-14(21)13-9-17-15(23-13)12-8-19-20(3)10-12/h8-10,22H,4-7,11H2,1-3H3,(H,18,21). The van der Waals surface area contributed by atoms with Crippen molar-refractivity contribution in [3.63, 3.8) is 0 Å². The molecule has 0 aliphatic carbocycles. The molecular weight excluding hydrogens is 312 g/mol. The second kappa shape index (κ2) is 7.70. The van der Waals surface area contributed by atoms with Gasteiger partial charge in [-0.3, -0.25) is 9.48 Å². The van der Waals surface area contributed by atoms with Gasteiger partial charge in [-0.1, -0.05) is 26.7 Å². The van der Waals surface area contributed by atoms with Crippen molar-refractivity contribution in [1.82, 2.24) is 20.1 Å². The van der Waals surface area contributed by atoms with Crippen molar-refractivity contribution >= 4 is 17.2 Å². The Labute approximate surface area is 140 Å². The van der Waals surface area contributed by atoms with Crippen molar-refractivity contribution in [1.29, 1.82) is 0 Å². The fourth-order valence-corrected chi connectivity index (χ4v) is 3.42. The normalized spacial score (nSPS) is 11.7. The average Bonchev–Trinajstić information content (AvgIpc) is 3.14. The number of thiazole rings is 1. The van der Waals surface area contributed by atoms with E-state index in [-0.39, 0.29) is 12.5 Å². The fourth-order valence-electron chi connectivity index (χ4n) is 2.61. The molecule has 2 rings (SSSR count). The summed E-state index contributed by atoms with van der Waals surface area (Å²) in [5.41, 5.74) is 0.0702. The van der Waals surface area contributed by atoms with Crippen LogP contribution >= 0.6 is 11.3 Å². The first-order valence-corrected chi connectivity index (χ1v) is 8.74. The molecule has 2 aromatic heterocycles. The van der Waals surface area contributed by atoms with Crippen molar-refractivity contribution in [3.05, 3.63) is 23.5 Å². The van der Waals surface area contributed by atoms with E-state index in [1.54, 1.807) is 17.1 Å². The highest BCUT2D eigenvalue weighted by Crippen LogP contribution is 2.25. The van der Waals surface area contributed by atoms with Crippen molar-refractivity contribution < 1.29 is 9.90 Å². The molecule has 7 heteroatoms. The highest BCUT2D eigenvalue weighted by atomic mass is 32.1. The number of hydrogen-bond acceptors (Lipinski definition) is 5. The predicted molar refractivity (Wildman–Crippen MR) is 91.4 cm³/mol. The lowest BCUT2D eigenvalue weighted by atomic mass is 9.92. The third-order valence-corrected chi connectivity index (χ3v) is 4.74. The summed E-state index contributed by atoms with van der Waals surface area (Å²) in [6, 6.07) is 0. The molecule has 2 N–H and O–H groups in total. The molecule has 6 nitrogen and oxygen atoms in total. The number of aliphatic hydroxyl groups is 1. The quantitative estimate of drug-likeness (QED) is 0.776. The van der Waals surface area contributed by atoms with Crippen molar-refractivity contribution in [2.75, 3.05) is 6.54 Å². The first kappa shape index (κ1) is 17.6. The Kier molecular flexibility index (Phi) is 5.90. The van der Waals surface area contributed by atoms with Crippen molar-refractivity contribution in [3.8, 4) is 10.6 Å². The molecule has 0 spiro atoms. The molecule has 0 radical (unpaired) electrons. The summed E-state index contributed by atoms with van der Waals surface area (Å²) >= 11 is 1.33. The molecular formula is C16H24N4O2S. The van der Waals surface area contributed by atoms with Gasteiger partial charge in [0.15, 0.2) is 0 Å². The Morgan fingerprint density at radius 2 is 2.04 bits per heavy atom. The summed E-state index contributed by atoms with van der Waals surface area (Å²) in [4.78, 5) is 17.1. The molecule has 23 heavy (non-hydrogen) atoms. The van der Waals surface area contributed by atoms with E-state index in [9.17, 15) is 9.90 Å². The predicted octanol–water partition coefficient (Wildman–Crippen LogP) is 2.60. The van der Waals surface area contributed by atoms with Crippen LogP contribution in [0, 0.1) is 0 Å². The van der Waals surface area contributed by atoms with Gasteiger partial charge in [-0.2, -0.15) is 5.10 Å². The zero-order chi connectivity index (χ0) is 16.9. The number of amides is 1. The van der Waals surface area contributed by atoms with Gasteiger partial charge < -0.3 is 10.4 Å². The van der Waals surface area contributed by atoms with Gasteiger partial charge >= 0.3 is 0 Å². The van der Waals surface area contributed by atoms with Gasteiger partial charge in [0, 0.05) is 25.4 Å². The van der Waals surface area contributed by atoms with E-state index in [0.717, 1.165) is 23.4 Å². The maximum atomic E-state index is 12.3. The van der Waals surface area contributed by atoms with Crippen LogP contribution in [0.15, 0.2) is 18.6 Å². The Morgan fingerprint density at radius 3 is 2.61 bits per heavy atom. The number of hydrogen-bond donors (Lipinski definition) is 2. The van der Waals surface area contributed by atoms with Crippen LogP contribution < -0.4 is 5.32 Å². The molecule has 0 saturated heterocycles. The van der Waals surface area contributed by atoms with Gasteiger partial charge in [0.2, 0.25) is 0 Å². The van der Waals surface area contributed by atoms with Gasteiger partial charge in [-0.05, 0) is 12.8 Å². The van der Waals surface area contributed by atoms with Crippen LogP contribution in [-0.4, -0.2) is 37.9 Å². The minimum Gasteiger partial charge on any atom is -0.388 e. The Balaban J connectivity index is 1.99. The van der Waals surface area contributed by atoms with Crippen LogP contribution in [0.5, 0.6) is 0 Å². The lowest BCUT2D eigenvalue weighted by Crippen LogP contribution is -2.42. The van der Waals surface area contributed by atoms with Gasteiger partial charge in [-0.15, -0.1) is 11.3 Å². The van der Waals surface area contributed by atoms with E-state index in [0.29, 0.717) is 17.7 Å². The molecule has 0 saturated carbocycles. The number of aryl methyl sites for hydroxylation is 1. The summed E-state index contributed by atoms with van der Waals surface area (Å²) in [5.74, 6) is -0.191. The lowest BCUT2D eigenvalue weighted by molar-refractivity contribution is 0.0213. The summed E-state index contributed by atoms with van der Waals surface area (Å²) < 4.78 is 1.70. The Bertz CT molecular complexity index is 644. The van der Waals surface area contributed by atoms with Crippen LogP contribution in [0.3, 0.4) is 0 Å². The van der Waals surface area contributed by atoms with E-state index in [1.807, 2.05) is 27.1 Å². The number of aromatic nitrogens is 3. The van der Waals surface area contributed by atoms with E-state index in [2.05, 4.69) is 15.4 Å². The minimum atomic E-state index is -0.823. The molecule has 0 aliphatic heterocycles. The minimum absolute atomic E-state index is 0.191. The molecule has 0 aromatic carbocycles. The summed E-state index contributed by atoms with van der Waals surface area (Å²) in [6.07, 6.45) is 8.30. The monoisotopic (exact) mass is 336 g/mol. The van der Waals surface area contributed by atoms with Crippen molar-refractivity contribution in [2.24, 2.45) is 7.05 Å². The van der Waals surface area contributed by atoms with Crippen LogP contribution in [0.2, 0.25) is 0 Å². The number of rotatable bonds is 8. The van der Waals surface area contributed by atoms with Crippen LogP contribution in [-0.2, 0) is 7.05 Å². The average molecular weight is 336 g/mol. The molecule has 1 amide bonds. The molecule has 2 heterocycles. The zero-order valence-corrected chi connectivity index (χ0v) is 14.7. The molecule has 2 aromatic rings. The Morgan fingerprint density at radius 1 is 1.35 bits per heavy atom. The zero-order valence-electron chi connectivity index (χ0n) is 13.9. The van der Waals surface area contributed by atoms with Gasteiger partial charge in [-0.25, -0.2) is 4.98 Å². The summed E-state index contributed by atoms with van der Waals surface area (Å²) in [7, 11) is 1.84. The van der Waals surface area contributed by atoms with Crippen molar-refractivity contribution in [2.45, 2.75) is 45.1 Å². The topological polar surface area (TPSA) is 80.0 Å². The maximum absolute atomic E-state index is 12.3. The second-order valence-electron chi connectivity index (χ2n) is 5.84. The third kappa shape index (κ3) is 4.62. The summed E-state index contributed by atoms with van der Waals surface area (Å²) in [5, 5.41) is 18.3. The van der Waals surface area contributed by atoms with Crippen LogP contribution in [0.25, 0.3) is 10.6 Å². The molecule has 0 bridgehead atoms. The maximum Gasteiger partial charge on any atom is 0.263 e. The first-order chi connectivity index (χ1) is 11.0. The number of nitrogens with zero attached hydrogens (tertiary/aromatic N) is 3. The number of nitrogens with one attached hydrogen (secondary N) is 1. The molecule has 126 valence electrons. The number of carbonyl (C=O) groups is 1. The molecule has 0 unspecified atom stereocenters. The van der Waals surface area contributed by atoms with E-state index < -0.39 is 5.60 Å². The molecule has 0 fully saturated rings. The highest BCUT2D eigenvalue weighted by molar-refractivity contribution is 7.16. The highest BCUT2D eigenvalue weighted by Gasteiger charge is 2.26. The van der Waals surface area contributed by atoms with Gasteiger partial charge in [0.25, 0.3) is 5.91 Å². The Hall–Kier alpha value is -1.73. The second-order valence-corrected chi connectivity index (χ2v) is 6.87. The molecule has 0 aliphatic rings. The first-order valence-electron chi connectivity index (χ1n) is 7.93. The van der Waals surface area contributed by atoms with Crippen LogP contribution in [0.1, 0.15) is 49.2 Å². The van der Waals surface area contributed by atoms with E-state index in [4.69, 9.17) is 0 Å². The number of carbonyl (C=O) groups excluding carboxylic acids is 1. The summed E-state index contributed by atoms with van der Waals surface area (Å²) in [6.45, 7) is 4.34. The lowest BCUT2D eigenvalue weighted by Gasteiger charge is -2.27. The largest absolute Gasteiger partial charge is 0.388 e. The fraction of sp³-hybridized carbons (Fsp3) is 0.562. The van der Waals surface area contributed by atoms with Crippen LogP contribution in [0.4, 0.5) is 0 Å². The SMILES string of the molecule is CCCC(O)(CCC)CNC(=O)c1cnc(-c2cnn(C)c2)s1. The van der Waals surface area contributed by atoms with E-state index >= 15 is 0 Å². The van der Waals surface area contributed by atoms with Gasteiger partial charge in [0.1, 0.15) is 9.88 Å². The van der Waals surface area contributed by atoms with Gasteiger partial charge in [0.05, 0.1) is 18.0 Å². The van der Waals surface area contributed by atoms with E-state index in [1.165, 1.54) is 11.3 Å². The smallest absolute Gasteiger partial charge is 0.263 e. The molecule has 0 atom stereocenters.